The van der Waals surface area contributed by atoms with Crippen molar-refractivity contribution in [2.24, 2.45) is 0 Å². The SMILES string of the molecule is COc1ccc2c(c1)CCN2Cc1ncc[nH]1. The second kappa shape index (κ2) is 4.13. The van der Waals surface area contributed by atoms with Crippen molar-refractivity contribution in [3.8, 4) is 5.75 Å². The minimum atomic E-state index is 0.840. The number of fused-ring (bicyclic) bond motifs is 1. The highest BCUT2D eigenvalue weighted by molar-refractivity contribution is 5.60. The Balaban J connectivity index is 1.84. The zero-order valence-electron chi connectivity index (χ0n) is 9.81. The van der Waals surface area contributed by atoms with E-state index in [0.29, 0.717) is 0 Å². The maximum Gasteiger partial charge on any atom is 0.125 e. The Morgan fingerprint density at radius 2 is 2.41 bits per heavy atom. The zero-order chi connectivity index (χ0) is 11.7. The van der Waals surface area contributed by atoms with Crippen LogP contribution in [-0.4, -0.2) is 23.6 Å². The van der Waals surface area contributed by atoms with Gasteiger partial charge in [-0.15, -0.1) is 0 Å². The number of hydrogen-bond acceptors (Lipinski definition) is 3. The monoisotopic (exact) mass is 229 g/mol. The van der Waals surface area contributed by atoms with Gasteiger partial charge >= 0.3 is 0 Å². The number of benzene rings is 1. The third-order valence-corrected chi connectivity index (χ3v) is 3.17. The standard InChI is InChI=1S/C13H15N3O/c1-17-11-2-3-12-10(8-11)4-7-16(12)9-13-14-5-6-15-13/h2-3,5-6,8H,4,7,9H2,1H3,(H,14,15). The van der Waals surface area contributed by atoms with Gasteiger partial charge in [-0.05, 0) is 30.2 Å². The van der Waals surface area contributed by atoms with Crippen molar-refractivity contribution in [2.45, 2.75) is 13.0 Å². The van der Waals surface area contributed by atoms with E-state index in [-0.39, 0.29) is 0 Å². The van der Waals surface area contributed by atoms with Gasteiger partial charge in [-0.2, -0.15) is 0 Å². The van der Waals surface area contributed by atoms with Gasteiger partial charge in [-0.3, -0.25) is 0 Å². The molecule has 0 spiro atoms. The molecule has 1 aromatic carbocycles. The zero-order valence-corrected chi connectivity index (χ0v) is 9.81. The van der Waals surface area contributed by atoms with E-state index in [9.17, 15) is 0 Å². The number of rotatable bonds is 3. The highest BCUT2D eigenvalue weighted by Crippen LogP contribution is 2.31. The van der Waals surface area contributed by atoms with Crippen LogP contribution in [0, 0.1) is 0 Å². The predicted octanol–water partition coefficient (Wildman–Crippen LogP) is 1.98. The molecule has 3 rings (SSSR count). The summed E-state index contributed by atoms with van der Waals surface area (Å²) in [7, 11) is 1.71. The minimum absolute atomic E-state index is 0.840. The van der Waals surface area contributed by atoms with Gasteiger partial charge in [0, 0.05) is 24.6 Å². The third kappa shape index (κ3) is 1.86. The molecule has 0 fully saturated rings. The van der Waals surface area contributed by atoms with Crippen molar-refractivity contribution in [3.05, 3.63) is 42.0 Å². The van der Waals surface area contributed by atoms with E-state index in [0.717, 1.165) is 31.1 Å². The Hall–Kier alpha value is -1.97. The topological polar surface area (TPSA) is 41.1 Å². The molecule has 1 N–H and O–H groups in total. The van der Waals surface area contributed by atoms with Gasteiger partial charge in [-0.1, -0.05) is 0 Å². The summed E-state index contributed by atoms with van der Waals surface area (Å²) in [5.41, 5.74) is 2.65. The lowest BCUT2D eigenvalue weighted by atomic mass is 10.1. The summed E-state index contributed by atoms with van der Waals surface area (Å²) in [5.74, 6) is 1.94. The summed E-state index contributed by atoms with van der Waals surface area (Å²) in [4.78, 5) is 9.75. The summed E-state index contributed by atoms with van der Waals surface area (Å²) in [5, 5.41) is 0. The molecule has 4 nitrogen and oxygen atoms in total. The fourth-order valence-electron chi connectivity index (χ4n) is 2.30. The van der Waals surface area contributed by atoms with Crippen molar-refractivity contribution in [1.29, 1.82) is 0 Å². The van der Waals surface area contributed by atoms with E-state index in [2.05, 4.69) is 27.0 Å². The Labute approximate surface area is 100 Å². The minimum Gasteiger partial charge on any atom is -0.497 e. The molecule has 2 aromatic rings. The van der Waals surface area contributed by atoms with Gasteiger partial charge in [0.1, 0.15) is 11.6 Å². The molecular formula is C13H15N3O. The van der Waals surface area contributed by atoms with E-state index in [1.807, 2.05) is 12.3 Å². The molecule has 0 atom stereocenters. The van der Waals surface area contributed by atoms with Crippen molar-refractivity contribution < 1.29 is 4.74 Å². The highest BCUT2D eigenvalue weighted by Gasteiger charge is 2.20. The molecule has 0 amide bonds. The van der Waals surface area contributed by atoms with Crippen LogP contribution in [0.4, 0.5) is 5.69 Å². The van der Waals surface area contributed by atoms with Gasteiger partial charge in [0.25, 0.3) is 0 Å². The summed E-state index contributed by atoms with van der Waals surface area (Å²) >= 11 is 0. The predicted molar refractivity (Wildman–Crippen MR) is 66.3 cm³/mol. The summed E-state index contributed by atoms with van der Waals surface area (Å²) < 4.78 is 5.24. The molecule has 0 aliphatic carbocycles. The Morgan fingerprint density at radius 3 is 3.18 bits per heavy atom. The quantitative estimate of drug-likeness (QED) is 0.875. The number of methoxy groups -OCH3 is 1. The number of hydrogen-bond donors (Lipinski definition) is 1. The number of imidazole rings is 1. The van der Waals surface area contributed by atoms with Crippen LogP contribution in [0.15, 0.2) is 30.6 Å². The van der Waals surface area contributed by atoms with Crippen LogP contribution < -0.4 is 9.64 Å². The van der Waals surface area contributed by atoms with Gasteiger partial charge < -0.3 is 14.6 Å². The number of aromatic nitrogens is 2. The van der Waals surface area contributed by atoms with Crippen LogP contribution in [0.5, 0.6) is 5.75 Å². The molecule has 17 heavy (non-hydrogen) atoms. The lowest BCUT2D eigenvalue weighted by molar-refractivity contribution is 0.414. The first-order valence-corrected chi connectivity index (χ1v) is 5.77. The lowest BCUT2D eigenvalue weighted by Gasteiger charge is -2.17. The van der Waals surface area contributed by atoms with Crippen LogP contribution in [-0.2, 0) is 13.0 Å². The second-order valence-electron chi connectivity index (χ2n) is 4.20. The van der Waals surface area contributed by atoms with E-state index in [4.69, 9.17) is 4.74 Å². The van der Waals surface area contributed by atoms with Crippen molar-refractivity contribution in [2.75, 3.05) is 18.6 Å². The van der Waals surface area contributed by atoms with Crippen LogP contribution in [0.2, 0.25) is 0 Å². The van der Waals surface area contributed by atoms with Gasteiger partial charge in [0.05, 0.1) is 13.7 Å². The molecule has 0 bridgehead atoms. The molecule has 88 valence electrons. The molecule has 4 heteroatoms. The first kappa shape index (κ1) is 10.2. The molecule has 1 aliphatic heterocycles. The van der Waals surface area contributed by atoms with E-state index < -0.39 is 0 Å². The third-order valence-electron chi connectivity index (χ3n) is 3.17. The summed E-state index contributed by atoms with van der Waals surface area (Å²) in [6.07, 6.45) is 4.73. The number of anilines is 1. The highest BCUT2D eigenvalue weighted by atomic mass is 16.5. The van der Waals surface area contributed by atoms with Crippen LogP contribution in [0.3, 0.4) is 0 Å². The first-order chi connectivity index (χ1) is 8.36. The maximum atomic E-state index is 5.24. The van der Waals surface area contributed by atoms with Crippen molar-refractivity contribution in [3.63, 3.8) is 0 Å². The second-order valence-corrected chi connectivity index (χ2v) is 4.20. The lowest BCUT2D eigenvalue weighted by Crippen LogP contribution is -2.20. The van der Waals surface area contributed by atoms with Crippen LogP contribution >= 0.6 is 0 Å². The van der Waals surface area contributed by atoms with Crippen LogP contribution in [0.25, 0.3) is 0 Å². The maximum absolute atomic E-state index is 5.24. The average Bonchev–Trinajstić information content (AvgIpc) is 2.99. The van der Waals surface area contributed by atoms with Crippen LogP contribution in [0.1, 0.15) is 11.4 Å². The molecule has 2 heterocycles. The van der Waals surface area contributed by atoms with E-state index >= 15 is 0 Å². The van der Waals surface area contributed by atoms with E-state index in [1.54, 1.807) is 13.3 Å². The number of ether oxygens (including phenoxy) is 1. The van der Waals surface area contributed by atoms with Gasteiger partial charge in [0.15, 0.2) is 0 Å². The summed E-state index contributed by atoms with van der Waals surface area (Å²) in [6, 6.07) is 6.26. The largest absolute Gasteiger partial charge is 0.497 e. The molecule has 0 saturated heterocycles. The average molecular weight is 229 g/mol. The molecular weight excluding hydrogens is 214 g/mol. The van der Waals surface area contributed by atoms with Crippen molar-refractivity contribution >= 4 is 5.69 Å². The Kier molecular flexibility index (Phi) is 2.48. The molecule has 0 saturated carbocycles. The number of nitrogens with zero attached hydrogens (tertiary/aromatic N) is 2. The normalized spacial score (nSPS) is 13.8. The fraction of sp³-hybridized carbons (Fsp3) is 0.308. The molecule has 0 unspecified atom stereocenters. The number of aromatic amines is 1. The fourth-order valence-corrected chi connectivity index (χ4v) is 2.30. The summed E-state index contributed by atoms with van der Waals surface area (Å²) in [6.45, 7) is 1.88. The molecule has 0 radical (unpaired) electrons. The smallest absolute Gasteiger partial charge is 0.125 e. The number of nitrogens with one attached hydrogen (secondary N) is 1. The first-order valence-electron chi connectivity index (χ1n) is 5.77. The Morgan fingerprint density at radius 1 is 1.47 bits per heavy atom. The van der Waals surface area contributed by atoms with Gasteiger partial charge in [0.2, 0.25) is 0 Å². The molecule has 1 aromatic heterocycles. The Bertz CT molecular complexity index is 507. The van der Waals surface area contributed by atoms with Gasteiger partial charge in [-0.25, -0.2) is 4.98 Å². The number of H-pyrrole nitrogens is 1. The van der Waals surface area contributed by atoms with Crippen molar-refractivity contribution in [1.82, 2.24) is 9.97 Å². The van der Waals surface area contributed by atoms with E-state index in [1.165, 1.54) is 11.3 Å². The molecule has 1 aliphatic rings.